The number of hydrogen-bond donors (Lipinski definition) is 2. The van der Waals surface area contributed by atoms with E-state index in [4.69, 9.17) is 4.74 Å². The number of carboxylic acid groups (broad SMARTS) is 1. The van der Waals surface area contributed by atoms with Gasteiger partial charge in [0, 0.05) is 26.7 Å². The van der Waals surface area contributed by atoms with Crippen LogP contribution in [0.25, 0.3) is 0 Å². The number of nitrogens with one attached hydrogen (secondary N) is 1. The molecule has 1 atom stereocenters. The van der Waals surface area contributed by atoms with Crippen molar-refractivity contribution in [1.82, 2.24) is 10.2 Å². The summed E-state index contributed by atoms with van der Waals surface area (Å²) in [5.41, 5.74) is -1.09. The summed E-state index contributed by atoms with van der Waals surface area (Å²) in [6, 6.07) is -0.181. The first-order chi connectivity index (χ1) is 10.3. The smallest absolute Gasteiger partial charge is 0.317 e. The van der Waals surface area contributed by atoms with E-state index in [1.807, 2.05) is 0 Å². The first-order valence-corrected chi connectivity index (χ1v) is 8.12. The molecule has 2 fully saturated rings. The molecule has 6 heteroatoms. The Labute approximate surface area is 132 Å². The Bertz CT molecular complexity index is 432. The normalized spacial score (nSPS) is 35.4. The van der Waals surface area contributed by atoms with E-state index >= 15 is 0 Å². The third-order valence-electron chi connectivity index (χ3n) is 5.46. The minimum absolute atomic E-state index is 0.181. The Morgan fingerprint density at radius 1 is 1.32 bits per heavy atom. The number of urea groups is 1. The second kappa shape index (κ2) is 6.44. The maximum absolute atomic E-state index is 12.3. The molecule has 1 aliphatic heterocycles. The van der Waals surface area contributed by atoms with E-state index in [-0.39, 0.29) is 18.2 Å². The van der Waals surface area contributed by atoms with Crippen molar-refractivity contribution < 1.29 is 19.4 Å². The summed E-state index contributed by atoms with van der Waals surface area (Å²) in [4.78, 5) is 25.1. The van der Waals surface area contributed by atoms with Gasteiger partial charge in [-0.15, -0.1) is 0 Å². The minimum atomic E-state index is -0.836. The predicted octanol–water partition coefficient (Wildman–Crippen LogP) is 2.09. The van der Waals surface area contributed by atoms with Crippen molar-refractivity contribution in [3.05, 3.63) is 0 Å². The van der Waals surface area contributed by atoms with Gasteiger partial charge >= 0.3 is 12.0 Å². The second-order valence-corrected chi connectivity index (χ2v) is 7.27. The molecule has 1 saturated heterocycles. The van der Waals surface area contributed by atoms with Gasteiger partial charge in [0.1, 0.15) is 0 Å². The van der Waals surface area contributed by atoms with Crippen molar-refractivity contribution in [2.75, 3.05) is 26.7 Å². The van der Waals surface area contributed by atoms with E-state index in [0.29, 0.717) is 25.4 Å². The fourth-order valence-corrected chi connectivity index (χ4v) is 3.40. The highest BCUT2D eigenvalue weighted by Gasteiger charge is 2.42. The molecule has 1 saturated carbocycles. The van der Waals surface area contributed by atoms with Crippen LogP contribution in [0.1, 0.15) is 46.0 Å². The topological polar surface area (TPSA) is 78.9 Å². The first-order valence-electron chi connectivity index (χ1n) is 8.12. The lowest BCUT2D eigenvalue weighted by Crippen LogP contribution is -2.50. The van der Waals surface area contributed by atoms with Gasteiger partial charge in [-0.05, 0) is 44.9 Å². The van der Waals surface area contributed by atoms with Crippen molar-refractivity contribution in [2.24, 2.45) is 11.3 Å². The van der Waals surface area contributed by atoms with Gasteiger partial charge in [0.15, 0.2) is 0 Å². The molecule has 1 unspecified atom stereocenters. The molecule has 0 aromatic carbocycles. The number of aliphatic carboxylic acids is 1. The molecule has 22 heavy (non-hydrogen) atoms. The molecule has 0 aromatic heterocycles. The van der Waals surface area contributed by atoms with Gasteiger partial charge in [-0.2, -0.15) is 0 Å². The SMILES string of the molecule is COC1(CNC(=O)N2CCC(C)(C(=O)O)C2)CCC(C)CC1. The molecule has 2 aliphatic rings. The number of likely N-dealkylation sites (tertiary alicyclic amines) is 1. The Hall–Kier alpha value is -1.30. The molecule has 2 N–H and O–H groups in total. The summed E-state index contributed by atoms with van der Waals surface area (Å²) in [6.45, 7) is 5.20. The summed E-state index contributed by atoms with van der Waals surface area (Å²) in [6.07, 6.45) is 4.65. The molecule has 1 aliphatic carbocycles. The molecule has 6 nitrogen and oxygen atoms in total. The molecule has 0 radical (unpaired) electrons. The summed E-state index contributed by atoms with van der Waals surface area (Å²) >= 11 is 0. The number of nitrogens with zero attached hydrogens (tertiary/aromatic N) is 1. The Morgan fingerprint density at radius 3 is 2.45 bits per heavy atom. The van der Waals surface area contributed by atoms with Crippen molar-refractivity contribution >= 4 is 12.0 Å². The maximum atomic E-state index is 12.3. The number of hydrogen-bond acceptors (Lipinski definition) is 3. The second-order valence-electron chi connectivity index (χ2n) is 7.27. The number of carbonyl (C=O) groups is 2. The van der Waals surface area contributed by atoms with Gasteiger partial charge in [-0.3, -0.25) is 4.79 Å². The zero-order chi connectivity index (χ0) is 16.4. The van der Waals surface area contributed by atoms with E-state index in [9.17, 15) is 14.7 Å². The summed E-state index contributed by atoms with van der Waals surface area (Å²) in [7, 11) is 1.71. The van der Waals surface area contributed by atoms with E-state index in [2.05, 4.69) is 12.2 Å². The van der Waals surface area contributed by atoms with Gasteiger partial charge in [0.05, 0.1) is 11.0 Å². The largest absolute Gasteiger partial charge is 0.481 e. The van der Waals surface area contributed by atoms with E-state index in [0.717, 1.165) is 25.7 Å². The van der Waals surface area contributed by atoms with Crippen LogP contribution in [-0.4, -0.2) is 54.4 Å². The highest BCUT2D eigenvalue weighted by Crippen LogP contribution is 2.34. The van der Waals surface area contributed by atoms with Gasteiger partial charge in [-0.1, -0.05) is 6.92 Å². The van der Waals surface area contributed by atoms with E-state index in [1.165, 1.54) is 0 Å². The average Bonchev–Trinajstić information content (AvgIpc) is 2.91. The zero-order valence-corrected chi connectivity index (χ0v) is 13.9. The fourth-order valence-electron chi connectivity index (χ4n) is 3.40. The van der Waals surface area contributed by atoms with E-state index < -0.39 is 11.4 Å². The van der Waals surface area contributed by atoms with Crippen molar-refractivity contribution in [1.29, 1.82) is 0 Å². The van der Waals surface area contributed by atoms with Gasteiger partial charge in [-0.25, -0.2) is 4.79 Å². The lowest BCUT2D eigenvalue weighted by Gasteiger charge is -2.38. The molecule has 0 spiro atoms. The van der Waals surface area contributed by atoms with Crippen LogP contribution in [0, 0.1) is 11.3 Å². The highest BCUT2D eigenvalue weighted by atomic mass is 16.5. The van der Waals surface area contributed by atoms with Gasteiger partial charge < -0.3 is 20.1 Å². The van der Waals surface area contributed by atoms with Gasteiger partial charge in [0.25, 0.3) is 0 Å². The van der Waals surface area contributed by atoms with Crippen molar-refractivity contribution in [3.63, 3.8) is 0 Å². The predicted molar refractivity (Wildman–Crippen MR) is 82.7 cm³/mol. The monoisotopic (exact) mass is 312 g/mol. The highest BCUT2D eigenvalue weighted by molar-refractivity contribution is 5.79. The van der Waals surface area contributed by atoms with Crippen LogP contribution in [0.2, 0.25) is 0 Å². The van der Waals surface area contributed by atoms with Crippen LogP contribution in [0.3, 0.4) is 0 Å². The molecular formula is C16H28N2O4. The Kier molecular flexibility index (Phi) is 5.00. The maximum Gasteiger partial charge on any atom is 0.317 e. The molecule has 2 amide bonds. The fraction of sp³-hybridized carbons (Fsp3) is 0.875. The summed E-state index contributed by atoms with van der Waals surface area (Å²) in [5, 5.41) is 12.2. The quantitative estimate of drug-likeness (QED) is 0.833. The number of amides is 2. The standard InChI is InChI=1S/C16H28N2O4/c1-12-4-6-16(22-3,7-5-12)10-17-14(21)18-9-8-15(2,11-18)13(19)20/h12H,4-11H2,1-3H3,(H,17,21)(H,19,20). The minimum Gasteiger partial charge on any atom is -0.481 e. The lowest BCUT2D eigenvalue weighted by atomic mass is 9.79. The first kappa shape index (κ1) is 17.1. The van der Waals surface area contributed by atoms with Crippen LogP contribution >= 0.6 is 0 Å². The van der Waals surface area contributed by atoms with Crippen LogP contribution in [0.15, 0.2) is 0 Å². The molecule has 1 heterocycles. The molecule has 0 bridgehead atoms. The van der Waals surface area contributed by atoms with Crippen LogP contribution in [0.5, 0.6) is 0 Å². The number of carboxylic acids is 1. The third-order valence-corrected chi connectivity index (χ3v) is 5.46. The number of carbonyl (C=O) groups excluding carboxylic acids is 1. The number of ether oxygens (including phenoxy) is 1. The Morgan fingerprint density at radius 2 is 1.95 bits per heavy atom. The summed E-state index contributed by atoms with van der Waals surface area (Å²) < 4.78 is 5.69. The van der Waals surface area contributed by atoms with Crippen LogP contribution < -0.4 is 5.32 Å². The summed E-state index contributed by atoms with van der Waals surface area (Å²) in [5.74, 6) is -0.119. The third kappa shape index (κ3) is 3.54. The lowest BCUT2D eigenvalue weighted by molar-refractivity contribution is -0.147. The Balaban J connectivity index is 1.86. The molecule has 0 aromatic rings. The van der Waals surface area contributed by atoms with Crippen molar-refractivity contribution in [2.45, 2.75) is 51.6 Å². The van der Waals surface area contributed by atoms with E-state index in [1.54, 1.807) is 18.9 Å². The van der Waals surface area contributed by atoms with Crippen molar-refractivity contribution in [3.8, 4) is 0 Å². The van der Waals surface area contributed by atoms with Crippen LogP contribution in [0.4, 0.5) is 4.79 Å². The van der Waals surface area contributed by atoms with Gasteiger partial charge in [0.2, 0.25) is 0 Å². The van der Waals surface area contributed by atoms with Crippen LogP contribution in [-0.2, 0) is 9.53 Å². The molecule has 2 rings (SSSR count). The number of rotatable bonds is 4. The molecular weight excluding hydrogens is 284 g/mol. The number of methoxy groups -OCH3 is 1. The zero-order valence-electron chi connectivity index (χ0n) is 13.9. The molecule has 126 valence electrons. The average molecular weight is 312 g/mol.